The summed E-state index contributed by atoms with van der Waals surface area (Å²) in [6.45, 7) is 1.80. The zero-order chi connectivity index (χ0) is 14.8. The third-order valence-corrected chi connectivity index (χ3v) is 4.59. The van der Waals surface area contributed by atoms with Gasteiger partial charge in [0.1, 0.15) is 4.90 Å². The van der Waals surface area contributed by atoms with E-state index in [4.69, 9.17) is 16.9 Å². The molecule has 20 heavy (non-hydrogen) atoms. The molecule has 0 heterocycles. The van der Waals surface area contributed by atoms with Crippen molar-refractivity contribution in [3.63, 3.8) is 0 Å². The largest absolute Gasteiger partial charge is 0.279 e. The van der Waals surface area contributed by atoms with Crippen molar-refractivity contribution in [1.29, 1.82) is 5.26 Å². The molecule has 0 saturated heterocycles. The Bertz CT molecular complexity index is 795. The molecule has 0 fully saturated rings. The maximum absolute atomic E-state index is 12.3. The van der Waals surface area contributed by atoms with Crippen molar-refractivity contribution in [3.8, 4) is 6.07 Å². The van der Waals surface area contributed by atoms with Crippen LogP contribution in [0.15, 0.2) is 47.4 Å². The summed E-state index contributed by atoms with van der Waals surface area (Å²) in [4.78, 5) is -0.0542. The number of para-hydroxylation sites is 1. The van der Waals surface area contributed by atoms with Crippen LogP contribution in [0.1, 0.15) is 11.1 Å². The highest BCUT2D eigenvalue weighted by Crippen LogP contribution is 2.25. The second kappa shape index (κ2) is 5.53. The third-order valence-electron chi connectivity index (χ3n) is 2.74. The Labute approximate surface area is 122 Å². The number of nitrogens with one attached hydrogen (secondary N) is 1. The SMILES string of the molecule is Cc1ccccc1NS(=O)(=O)c1ccc(C#N)cc1Cl. The monoisotopic (exact) mass is 306 g/mol. The van der Waals surface area contributed by atoms with Gasteiger partial charge in [-0.3, -0.25) is 4.72 Å². The van der Waals surface area contributed by atoms with Gasteiger partial charge >= 0.3 is 0 Å². The number of rotatable bonds is 3. The third kappa shape index (κ3) is 2.93. The normalized spacial score (nSPS) is 10.8. The van der Waals surface area contributed by atoms with Crippen LogP contribution in [0, 0.1) is 18.3 Å². The molecule has 0 spiro atoms. The minimum atomic E-state index is -3.78. The molecule has 0 saturated carbocycles. The standard InChI is InChI=1S/C14H11ClN2O2S/c1-10-4-2-3-5-13(10)17-20(18,19)14-7-6-11(9-16)8-12(14)15/h2-8,17H,1H3. The highest BCUT2D eigenvalue weighted by Gasteiger charge is 2.18. The van der Waals surface area contributed by atoms with E-state index in [9.17, 15) is 8.42 Å². The Kier molecular flexibility index (Phi) is 3.98. The smallest absolute Gasteiger partial charge is 0.263 e. The minimum Gasteiger partial charge on any atom is -0.279 e. The highest BCUT2D eigenvalue weighted by molar-refractivity contribution is 7.92. The molecule has 102 valence electrons. The van der Waals surface area contributed by atoms with Gasteiger partial charge in [-0.2, -0.15) is 5.26 Å². The van der Waals surface area contributed by atoms with E-state index in [-0.39, 0.29) is 9.92 Å². The molecule has 0 aliphatic carbocycles. The number of sulfonamides is 1. The number of benzene rings is 2. The number of aryl methyl sites for hydroxylation is 1. The van der Waals surface area contributed by atoms with Crippen molar-refractivity contribution in [2.75, 3.05) is 4.72 Å². The van der Waals surface area contributed by atoms with E-state index >= 15 is 0 Å². The van der Waals surface area contributed by atoms with Crippen molar-refractivity contribution >= 4 is 27.3 Å². The molecule has 0 atom stereocenters. The van der Waals surface area contributed by atoms with Crippen LogP contribution < -0.4 is 4.72 Å². The fourth-order valence-electron chi connectivity index (χ4n) is 1.68. The molecule has 1 N–H and O–H groups in total. The van der Waals surface area contributed by atoms with Gasteiger partial charge in [0.15, 0.2) is 0 Å². The molecule has 4 nitrogen and oxygen atoms in total. The van der Waals surface area contributed by atoms with Crippen LogP contribution in [0.25, 0.3) is 0 Å². The number of nitriles is 1. The first-order chi connectivity index (χ1) is 9.44. The molecule has 0 aliphatic rings. The van der Waals surface area contributed by atoms with Gasteiger partial charge in [0.2, 0.25) is 0 Å². The lowest BCUT2D eigenvalue weighted by Crippen LogP contribution is -2.14. The Balaban J connectivity index is 2.42. The van der Waals surface area contributed by atoms with Crippen LogP contribution in [-0.2, 0) is 10.0 Å². The number of hydrogen-bond donors (Lipinski definition) is 1. The van der Waals surface area contributed by atoms with E-state index in [1.807, 2.05) is 12.1 Å². The van der Waals surface area contributed by atoms with Crippen LogP contribution in [0.4, 0.5) is 5.69 Å². The first-order valence-corrected chi connectivity index (χ1v) is 7.58. The highest BCUT2D eigenvalue weighted by atomic mass is 35.5. The second-order valence-corrected chi connectivity index (χ2v) is 6.24. The summed E-state index contributed by atoms with van der Waals surface area (Å²) >= 11 is 5.93. The van der Waals surface area contributed by atoms with Gasteiger partial charge in [-0.25, -0.2) is 8.42 Å². The first kappa shape index (κ1) is 14.4. The molecule has 0 amide bonds. The average Bonchev–Trinajstić information content (AvgIpc) is 2.40. The zero-order valence-corrected chi connectivity index (χ0v) is 12.2. The van der Waals surface area contributed by atoms with E-state index in [0.29, 0.717) is 11.3 Å². The molecular formula is C14H11ClN2O2S. The van der Waals surface area contributed by atoms with Crippen LogP contribution in [0.3, 0.4) is 0 Å². The molecular weight excluding hydrogens is 296 g/mol. The summed E-state index contributed by atoms with van der Waals surface area (Å²) in [6.07, 6.45) is 0. The first-order valence-electron chi connectivity index (χ1n) is 5.72. The lowest BCUT2D eigenvalue weighted by atomic mass is 10.2. The maximum Gasteiger partial charge on any atom is 0.263 e. The van der Waals surface area contributed by atoms with E-state index in [0.717, 1.165) is 5.56 Å². The fourth-order valence-corrected chi connectivity index (χ4v) is 3.35. The Morgan fingerprint density at radius 3 is 2.50 bits per heavy atom. The van der Waals surface area contributed by atoms with Crippen molar-refractivity contribution < 1.29 is 8.42 Å². The predicted octanol–water partition coefficient (Wildman–Crippen LogP) is 3.32. The summed E-state index contributed by atoms with van der Waals surface area (Å²) in [5, 5.41) is 8.77. The predicted molar refractivity (Wildman–Crippen MR) is 78.2 cm³/mol. The van der Waals surface area contributed by atoms with Gasteiger partial charge in [0.05, 0.1) is 22.3 Å². The van der Waals surface area contributed by atoms with Crippen molar-refractivity contribution in [2.24, 2.45) is 0 Å². The topological polar surface area (TPSA) is 70.0 Å². The summed E-state index contributed by atoms with van der Waals surface area (Å²) in [5.41, 5.74) is 1.61. The number of anilines is 1. The summed E-state index contributed by atoms with van der Waals surface area (Å²) in [5.74, 6) is 0. The van der Waals surface area contributed by atoms with Crippen LogP contribution in [0.2, 0.25) is 5.02 Å². The number of hydrogen-bond acceptors (Lipinski definition) is 3. The van der Waals surface area contributed by atoms with Gasteiger partial charge in [0.25, 0.3) is 10.0 Å². The molecule has 0 bridgehead atoms. The molecule has 0 aromatic heterocycles. The molecule has 0 unspecified atom stereocenters. The van der Waals surface area contributed by atoms with E-state index in [2.05, 4.69) is 4.72 Å². The Hall–Kier alpha value is -2.03. The van der Waals surface area contributed by atoms with E-state index in [1.165, 1.54) is 18.2 Å². The quantitative estimate of drug-likeness (QED) is 0.945. The summed E-state index contributed by atoms with van der Waals surface area (Å²) < 4.78 is 27.1. The molecule has 0 aliphatic heterocycles. The lowest BCUT2D eigenvalue weighted by molar-refractivity contribution is 0.601. The molecule has 2 aromatic rings. The van der Waals surface area contributed by atoms with Gasteiger partial charge in [0, 0.05) is 0 Å². The van der Waals surface area contributed by atoms with Gasteiger partial charge in [-0.05, 0) is 36.8 Å². The van der Waals surface area contributed by atoms with Crippen LogP contribution in [-0.4, -0.2) is 8.42 Å². The van der Waals surface area contributed by atoms with Crippen LogP contribution in [0.5, 0.6) is 0 Å². The molecule has 6 heteroatoms. The van der Waals surface area contributed by atoms with Gasteiger partial charge in [-0.1, -0.05) is 29.8 Å². The fraction of sp³-hybridized carbons (Fsp3) is 0.0714. The average molecular weight is 307 g/mol. The summed E-state index contributed by atoms with van der Waals surface area (Å²) in [7, 11) is -3.78. The van der Waals surface area contributed by atoms with Crippen LogP contribution >= 0.6 is 11.6 Å². The van der Waals surface area contributed by atoms with Crippen molar-refractivity contribution in [1.82, 2.24) is 0 Å². The van der Waals surface area contributed by atoms with E-state index in [1.54, 1.807) is 25.1 Å². The minimum absolute atomic E-state index is 0.0186. The Morgan fingerprint density at radius 1 is 1.20 bits per heavy atom. The van der Waals surface area contributed by atoms with E-state index < -0.39 is 10.0 Å². The van der Waals surface area contributed by atoms with Crippen molar-refractivity contribution in [2.45, 2.75) is 11.8 Å². The second-order valence-electron chi connectivity index (χ2n) is 4.18. The Morgan fingerprint density at radius 2 is 1.90 bits per heavy atom. The van der Waals surface area contributed by atoms with Gasteiger partial charge < -0.3 is 0 Å². The number of halogens is 1. The molecule has 2 aromatic carbocycles. The van der Waals surface area contributed by atoms with Crippen molar-refractivity contribution in [3.05, 3.63) is 58.6 Å². The molecule has 2 rings (SSSR count). The van der Waals surface area contributed by atoms with Gasteiger partial charge in [-0.15, -0.1) is 0 Å². The molecule has 0 radical (unpaired) electrons. The zero-order valence-electron chi connectivity index (χ0n) is 10.6. The number of nitrogens with zero attached hydrogens (tertiary/aromatic N) is 1. The maximum atomic E-state index is 12.3. The lowest BCUT2D eigenvalue weighted by Gasteiger charge is -2.11. The summed E-state index contributed by atoms with van der Waals surface area (Å²) in [6, 6.07) is 13.0.